The molecular formula is C19H17N. The summed E-state index contributed by atoms with van der Waals surface area (Å²) < 4.78 is 0. The van der Waals surface area contributed by atoms with Gasteiger partial charge in [-0.25, -0.2) is 0 Å². The van der Waals surface area contributed by atoms with Crippen molar-refractivity contribution in [2.75, 3.05) is 11.4 Å². The van der Waals surface area contributed by atoms with Gasteiger partial charge in [0.2, 0.25) is 0 Å². The molecule has 1 atom stereocenters. The van der Waals surface area contributed by atoms with Crippen molar-refractivity contribution in [3.8, 4) is 0 Å². The van der Waals surface area contributed by atoms with Crippen molar-refractivity contribution in [1.29, 1.82) is 0 Å². The van der Waals surface area contributed by atoms with Crippen molar-refractivity contribution >= 4 is 22.1 Å². The van der Waals surface area contributed by atoms with Gasteiger partial charge in [0.05, 0.1) is 0 Å². The van der Waals surface area contributed by atoms with Crippen LogP contribution < -0.4 is 4.90 Å². The first-order valence-electron chi connectivity index (χ1n) is 7.19. The molecule has 1 aliphatic heterocycles. The lowest BCUT2D eigenvalue weighted by atomic mass is 9.96. The molecule has 98 valence electrons. The van der Waals surface area contributed by atoms with E-state index in [2.05, 4.69) is 78.6 Å². The molecule has 0 saturated heterocycles. The Morgan fingerprint density at radius 1 is 0.850 bits per heavy atom. The van der Waals surface area contributed by atoms with Crippen molar-refractivity contribution < 1.29 is 0 Å². The van der Waals surface area contributed by atoms with Gasteiger partial charge in [0.25, 0.3) is 0 Å². The maximum atomic E-state index is 2.44. The number of fused-ring (bicyclic) bond motifs is 3. The van der Waals surface area contributed by atoms with Crippen LogP contribution in [0.1, 0.15) is 18.4 Å². The Kier molecular flexibility index (Phi) is 2.53. The lowest BCUT2D eigenvalue weighted by molar-refractivity contribution is 0.818. The van der Waals surface area contributed by atoms with Gasteiger partial charge in [-0.2, -0.15) is 0 Å². The van der Waals surface area contributed by atoms with Crippen LogP contribution in [0.4, 0.5) is 11.4 Å². The average Bonchev–Trinajstić information content (AvgIpc) is 2.86. The van der Waals surface area contributed by atoms with Gasteiger partial charge in [0.15, 0.2) is 0 Å². The zero-order valence-corrected chi connectivity index (χ0v) is 11.6. The number of para-hydroxylation sites is 1. The first kappa shape index (κ1) is 11.5. The Morgan fingerprint density at radius 2 is 1.60 bits per heavy atom. The van der Waals surface area contributed by atoms with Crippen LogP contribution in [-0.4, -0.2) is 6.54 Å². The van der Waals surface area contributed by atoms with Crippen LogP contribution in [-0.2, 0) is 0 Å². The molecule has 0 radical (unpaired) electrons. The summed E-state index contributed by atoms with van der Waals surface area (Å²) in [6.07, 6.45) is 0. The molecule has 3 aromatic carbocycles. The minimum Gasteiger partial charge on any atom is -0.341 e. The van der Waals surface area contributed by atoms with Crippen molar-refractivity contribution in [1.82, 2.24) is 0 Å². The molecule has 0 aromatic heterocycles. The molecule has 1 heterocycles. The molecule has 0 amide bonds. The van der Waals surface area contributed by atoms with E-state index in [4.69, 9.17) is 0 Å². The van der Waals surface area contributed by atoms with Gasteiger partial charge in [-0.15, -0.1) is 0 Å². The highest BCUT2D eigenvalue weighted by Gasteiger charge is 2.27. The van der Waals surface area contributed by atoms with Crippen molar-refractivity contribution in [3.63, 3.8) is 0 Å². The second-order valence-electron chi connectivity index (χ2n) is 5.57. The predicted molar refractivity (Wildman–Crippen MR) is 85.8 cm³/mol. The Morgan fingerprint density at radius 3 is 2.45 bits per heavy atom. The maximum Gasteiger partial charge on any atom is 0.0453 e. The molecule has 0 aliphatic carbocycles. The number of rotatable bonds is 1. The second-order valence-corrected chi connectivity index (χ2v) is 5.57. The molecule has 0 spiro atoms. The van der Waals surface area contributed by atoms with Crippen molar-refractivity contribution in [3.05, 3.63) is 72.3 Å². The molecule has 0 N–H and O–H groups in total. The Balaban J connectivity index is 1.94. The normalized spacial score (nSPS) is 17.4. The van der Waals surface area contributed by atoms with E-state index in [1.54, 1.807) is 0 Å². The average molecular weight is 259 g/mol. The van der Waals surface area contributed by atoms with Gasteiger partial charge in [-0.05, 0) is 34.5 Å². The predicted octanol–water partition coefficient (Wildman–Crippen LogP) is 5.10. The third-order valence-electron chi connectivity index (χ3n) is 4.26. The third kappa shape index (κ3) is 1.63. The molecule has 1 nitrogen and oxygen atoms in total. The first-order valence-corrected chi connectivity index (χ1v) is 7.19. The topological polar surface area (TPSA) is 3.24 Å². The van der Waals surface area contributed by atoms with Crippen LogP contribution in [0.2, 0.25) is 0 Å². The smallest absolute Gasteiger partial charge is 0.0453 e. The molecule has 20 heavy (non-hydrogen) atoms. The summed E-state index contributed by atoms with van der Waals surface area (Å²) in [7, 11) is 0. The fraction of sp³-hybridized carbons (Fsp3) is 0.158. The highest BCUT2D eigenvalue weighted by Crippen LogP contribution is 2.44. The lowest BCUT2D eigenvalue weighted by Gasteiger charge is -2.19. The standard InChI is InChI=1S/C19H17N/c1-14-13-20(16-8-3-2-4-9-16)18-12-11-15-7-5-6-10-17(15)19(14)18/h2-12,14H,13H2,1H3. The van der Waals surface area contributed by atoms with Crippen molar-refractivity contribution in [2.24, 2.45) is 0 Å². The zero-order chi connectivity index (χ0) is 13.5. The zero-order valence-electron chi connectivity index (χ0n) is 11.6. The number of nitrogens with zero attached hydrogens (tertiary/aromatic N) is 1. The number of benzene rings is 3. The molecule has 1 heteroatoms. The summed E-state index contributed by atoms with van der Waals surface area (Å²) in [5.41, 5.74) is 4.14. The molecule has 4 rings (SSSR count). The van der Waals surface area contributed by atoms with Crippen LogP contribution in [0.25, 0.3) is 10.8 Å². The lowest BCUT2D eigenvalue weighted by Crippen LogP contribution is -2.14. The van der Waals surface area contributed by atoms with Crippen LogP contribution in [0.3, 0.4) is 0 Å². The fourth-order valence-corrected chi connectivity index (χ4v) is 3.35. The van der Waals surface area contributed by atoms with E-state index < -0.39 is 0 Å². The van der Waals surface area contributed by atoms with Crippen LogP contribution in [0.5, 0.6) is 0 Å². The minimum atomic E-state index is 0.566. The molecule has 1 aliphatic rings. The summed E-state index contributed by atoms with van der Waals surface area (Å²) in [4.78, 5) is 2.44. The Hall–Kier alpha value is -2.28. The minimum absolute atomic E-state index is 0.566. The van der Waals surface area contributed by atoms with Crippen LogP contribution in [0.15, 0.2) is 66.7 Å². The van der Waals surface area contributed by atoms with Gasteiger partial charge in [0.1, 0.15) is 0 Å². The maximum absolute atomic E-state index is 2.44. The Labute approximate surface area is 119 Å². The van der Waals surface area contributed by atoms with Gasteiger partial charge >= 0.3 is 0 Å². The highest BCUT2D eigenvalue weighted by atomic mass is 15.2. The summed E-state index contributed by atoms with van der Waals surface area (Å²) in [6.45, 7) is 3.39. The van der Waals surface area contributed by atoms with Gasteiger partial charge in [-0.3, -0.25) is 0 Å². The molecule has 0 saturated carbocycles. The van der Waals surface area contributed by atoms with Gasteiger partial charge in [-0.1, -0.05) is 55.5 Å². The van der Waals surface area contributed by atoms with E-state index in [0.717, 1.165) is 6.54 Å². The molecule has 1 unspecified atom stereocenters. The largest absolute Gasteiger partial charge is 0.341 e. The summed E-state index contributed by atoms with van der Waals surface area (Å²) in [6, 6.07) is 23.9. The van der Waals surface area contributed by atoms with Crippen LogP contribution in [0, 0.1) is 0 Å². The highest BCUT2D eigenvalue weighted by molar-refractivity contribution is 5.93. The van der Waals surface area contributed by atoms with Gasteiger partial charge < -0.3 is 4.90 Å². The monoisotopic (exact) mass is 259 g/mol. The number of anilines is 2. The number of hydrogen-bond donors (Lipinski definition) is 0. The number of hydrogen-bond acceptors (Lipinski definition) is 1. The van der Waals surface area contributed by atoms with E-state index in [1.807, 2.05) is 0 Å². The van der Waals surface area contributed by atoms with E-state index in [9.17, 15) is 0 Å². The SMILES string of the molecule is CC1CN(c2ccccc2)c2ccc3ccccc3c21. The summed E-state index contributed by atoms with van der Waals surface area (Å²) >= 11 is 0. The van der Waals surface area contributed by atoms with E-state index in [1.165, 1.54) is 27.7 Å². The summed E-state index contributed by atoms with van der Waals surface area (Å²) in [5.74, 6) is 0.566. The van der Waals surface area contributed by atoms with Crippen molar-refractivity contribution in [2.45, 2.75) is 12.8 Å². The Bertz CT molecular complexity index is 761. The van der Waals surface area contributed by atoms with E-state index >= 15 is 0 Å². The molecule has 3 aromatic rings. The van der Waals surface area contributed by atoms with Gasteiger partial charge in [0, 0.05) is 23.8 Å². The quantitative estimate of drug-likeness (QED) is 0.588. The fourth-order valence-electron chi connectivity index (χ4n) is 3.35. The van der Waals surface area contributed by atoms with E-state index in [0.29, 0.717) is 5.92 Å². The molecule has 0 fully saturated rings. The van der Waals surface area contributed by atoms with Crippen LogP contribution >= 0.6 is 0 Å². The third-order valence-corrected chi connectivity index (χ3v) is 4.26. The second kappa shape index (κ2) is 4.38. The molecule has 0 bridgehead atoms. The summed E-state index contributed by atoms with van der Waals surface area (Å²) in [5, 5.41) is 2.74. The molecular weight excluding hydrogens is 242 g/mol. The first-order chi connectivity index (χ1) is 9.84. The van der Waals surface area contributed by atoms with E-state index in [-0.39, 0.29) is 0 Å².